The fourth-order valence-electron chi connectivity index (χ4n) is 3.40. The highest BCUT2D eigenvalue weighted by atomic mass is 16.5. The number of carbonyl (C=O) groups is 1. The largest absolute Gasteiger partial charge is 0.497 e. The molecule has 0 aliphatic heterocycles. The van der Waals surface area contributed by atoms with Gasteiger partial charge < -0.3 is 15.2 Å². The second kappa shape index (κ2) is 5.96. The van der Waals surface area contributed by atoms with Crippen molar-refractivity contribution in [2.45, 2.75) is 46.1 Å². The first-order valence-electron chi connectivity index (χ1n) is 7.45. The summed E-state index contributed by atoms with van der Waals surface area (Å²) in [5.41, 5.74) is 6.89. The van der Waals surface area contributed by atoms with Gasteiger partial charge >= 0.3 is 5.97 Å². The van der Waals surface area contributed by atoms with Crippen LogP contribution in [-0.2, 0) is 4.74 Å². The molecular formula is C17H25NO3. The van der Waals surface area contributed by atoms with Gasteiger partial charge in [-0.25, -0.2) is 4.79 Å². The minimum atomic E-state index is -0.360. The van der Waals surface area contributed by atoms with E-state index in [-0.39, 0.29) is 17.5 Å². The predicted molar refractivity (Wildman–Crippen MR) is 83.4 cm³/mol. The third-order valence-electron chi connectivity index (χ3n) is 4.10. The summed E-state index contributed by atoms with van der Waals surface area (Å²) < 4.78 is 10.8. The van der Waals surface area contributed by atoms with Gasteiger partial charge in [0.15, 0.2) is 0 Å². The third-order valence-corrected chi connectivity index (χ3v) is 4.10. The number of rotatable bonds is 3. The van der Waals surface area contributed by atoms with Gasteiger partial charge in [0.2, 0.25) is 0 Å². The lowest BCUT2D eigenvalue weighted by atomic mass is 9.71. The highest BCUT2D eigenvalue weighted by Gasteiger charge is 2.34. The number of methoxy groups -OCH3 is 1. The lowest BCUT2D eigenvalue weighted by Crippen LogP contribution is -2.34. The van der Waals surface area contributed by atoms with Crippen molar-refractivity contribution in [3.05, 3.63) is 23.8 Å². The number of hydrogen-bond donors (Lipinski definition) is 1. The fourth-order valence-corrected chi connectivity index (χ4v) is 3.40. The van der Waals surface area contributed by atoms with Crippen LogP contribution in [0, 0.1) is 11.3 Å². The number of anilines is 1. The smallest absolute Gasteiger partial charge is 0.340 e. The molecule has 1 saturated carbocycles. The predicted octanol–water partition coefficient (Wildman–Crippen LogP) is 3.65. The van der Waals surface area contributed by atoms with Crippen molar-refractivity contribution in [3.8, 4) is 5.75 Å². The van der Waals surface area contributed by atoms with E-state index in [4.69, 9.17) is 15.2 Å². The number of carbonyl (C=O) groups excluding carboxylic acids is 1. The Kier molecular flexibility index (Phi) is 4.45. The highest BCUT2D eigenvalue weighted by Crippen LogP contribution is 2.40. The Morgan fingerprint density at radius 1 is 1.33 bits per heavy atom. The van der Waals surface area contributed by atoms with E-state index in [0.717, 1.165) is 12.8 Å². The second-order valence-electron chi connectivity index (χ2n) is 6.89. The maximum Gasteiger partial charge on any atom is 0.340 e. The summed E-state index contributed by atoms with van der Waals surface area (Å²) in [6.07, 6.45) is 2.94. The van der Waals surface area contributed by atoms with E-state index >= 15 is 0 Å². The lowest BCUT2D eigenvalue weighted by molar-refractivity contribution is -0.00707. The van der Waals surface area contributed by atoms with Crippen molar-refractivity contribution in [3.63, 3.8) is 0 Å². The zero-order valence-corrected chi connectivity index (χ0v) is 13.3. The van der Waals surface area contributed by atoms with Gasteiger partial charge in [-0.05, 0) is 48.8 Å². The highest BCUT2D eigenvalue weighted by molar-refractivity contribution is 5.95. The van der Waals surface area contributed by atoms with Gasteiger partial charge in [0.05, 0.1) is 12.7 Å². The summed E-state index contributed by atoms with van der Waals surface area (Å²) in [5, 5.41) is 0. The average molecular weight is 291 g/mol. The van der Waals surface area contributed by atoms with Crippen molar-refractivity contribution < 1.29 is 14.3 Å². The molecule has 21 heavy (non-hydrogen) atoms. The van der Waals surface area contributed by atoms with Crippen LogP contribution in [0.3, 0.4) is 0 Å². The van der Waals surface area contributed by atoms with Gasteiger partial charge in [0.25, 0.3) is 0 Å². The molecule has 0 amide bonds. The molecule has 2 unspecified atom stereocenters. The zero-order valence-electron chi connectivity index (χ0n) is 13.3. The maximum absolute atomic E-state index is 12.4. The molecule has 1 aliphatic rings. The van der Waals surface area contributed by atoms with E-state index in [0.29, 0.717) is 22.9 Å². The van der Waals surface area contributed by atoms with Crippen molar-refractivity contribution in [2.75, 3.05) is 12.8 Å². The molecular weight excluding hydrogens is 266 g/mol. The van der Waals surface area contributed by atoms with Crippen LogP contribution in [0.4, 0.5) is 5.69 Å². The van der Waals surface area contributed by atoms with Crippen LogP contribution < -0.4 is 10.5 Å². The SMILES string of the molecule is COc1ccc(N)c(C(=O)OC2CC(C)CC(C)(C)C2)c1. The summed E-state index contributed by atoms with van der Waals surface area (Å²) in [4.78, 5) is 12.4. The Balaban J connectivity index is 2.11. The first-order valence-corrected chi connectivity index (χ1v) is 7.45. The summed E-state index contributed by atoms with van der Waals surface area (Å²) in [6, 6.07) is 5.04. The van der Waals surface area contributed by atoms with Crippen LogP contribution in [-0.4, -0.2) is 19.2 Å². The van der Waals surface area contributed by atoms with Gasteiger partial charge in [-0.3, -0.25) is 0 Å². The second-order valence-corrected chi connectivity index (χ2v) is 6.89. The Morgan fingerprint density at radius 3 is 2.67 bits per heavy atom. The molecule has 1 aromatic rings. The molecule has 4 heteroatoms. The number of esters is 1. The Hall–Kier alpha value is -1.71. The number of ether oxygens (including phenoxy) is 2. The molecule has 0 spiro atoms. The quantitative estimate of drug-likeness (QED) is 0.682. The lowest BCUT2D eigenvalue weighted by Gasteiger charge is -2.38. The Labute approximate surface area is 126 Å². The number of hydrogen-bond acceptors (Lipinski definition) is 4. The van der Waals surface area contributed by atoms with E-state index in [1.807, 2.05) is 0 Å². The van der Waals surface area contributed by atoms with Crippen molar-refractivity contribution in [1.82, 2.24) is 0 Å². The molecule has 0 radical (unpaired) electrons. The van der Waals surface area contributed by atoms with Crippen molar-refractivity contribution in [2.24, 2.45) is 11.3 Å². The normalized spacial score (nSPS) is 24.4. The van der Waals surface area contributed by atoms with E-state index < -0.39 is 0 Å². The van der Waals surface area contributed by atoms with Crippen LogP contribution in [0.1, 0.15) is 50.4 Å². The topological polar surface area (TPSA) is 61.5 Å². The average Bonchev–Trinajstić information content (AvgIpc) is 2.36. The van der Waals surface area contributed by atoms with Crippen molar-refractivity contribution in [1.29, 1.82) is 0 Å². The molecule has 1 aliphatic carbocycles. The van der Waals surface area contributed by atoms with Gasteiger partial charge in [0.1, 0.15) is 11.9 Å². The van der Waals surface area contributed by atoms with Crippen LogP contribution in [0.15, 0.2) is 18.2 Å². The molecule has 1 aromatic carbocycles. The molecule has 2 atom stereocenters. The number of benzene rings is 1. The molecule has 0 saturated heterocycles. The van der Waals surface area contributed by atoms with Gasteiger partial charge in [-0.1, -0.05) is 20.8 Å². The molecule has 0 aromatic heterocycles. The van der Waals surface area contributed by atoms with Crippen LogP contribution >= 0.6 is 0 Å². The molecule has 2 N–H and O–H groups in total. The first kappa shape index (κ1) is 15.7. The number of nitrogens with two attached hydrogens (primary N) is 1. The molecule has 4 nitrogen and oxygen atoms in total. The minimum absolute atomic E-state index is 0.0400. The molecule has 2 rings (SSSR count). The summed E-state index contributed by atoms with van der Waals surface area (Å²) in [6.45, 7) is 6.66. The monoisotopic (exact) mass is 291 g/mol. The molecule has 0 bridgehead atoms. The van der Waals surface area contributed by atoms with Gasteiger partial charge in [-0.15, -0.1) is 0 Å². The molecule has 116 valence electrons. The molecule has 0 heterocycles. The van der Waals surface area contributed by atoms with Crippen LogP contribution in [0.25, 0.3) is 0 Å². The van der Waals surface area contributed by atoms with Crippen LogP contribution in [0.5, 0.6) is 5.75 Å². The maximum atomic E-state index is 12.4. The zero-order chi connectivity index (χ0) is 15.6. The van der Waals surface area contributed by atoms with E-state index in [9.17, 15) is 4.79 Å². The van der Waals surface area contributed by atoms with Crippen LogP contribution in [0.2, 0.25) is 0 Å². The van der Waals surface area contributed by atoms with E-state index in [2.05, 4.69) is 20.8 Å². The summed E-state index contributed by atoms with van der Waals surface area (Å²) >= 11 is 0. The Bertz CT molecular complexity index is 525. The summed E-state index contributed by atoms with van der Waals surface area (Å²) in [7, 11) is 1.56. The number of nitrogen functional groups attached to an aromatic ring is 1. The minimum Gasteiger partial charge on any atom is -0.497 e. The Morgan fingerprint density at radius 2 is 2.05 bits per heavy atom. The standard InChI is InChI=1S/C17H25NO3/c1-11-7-13(10-17(2,3)9-11)21-16(19)14-8-12(20-4)5-6-15(14)18/h5-6,8,11,13H,7,9-10,18H2,1-4H3. The van der Waals surface area contributed by atoms with E-state index in [1.165, 1.54) is 6.42 Å². The van der Waals surface area contributed by atoms with Gasteiger partial charge in [-0.2, -0.15) is 0 Å². The fraction of sp³-hybridized carbons (Fsp3) is 0.588. The first-order chi connectivity index (χ1) is 9.80. The molecule has 1 fully saturated rings. The van der Waals surface area contributed by atoms with E-state index in [1.54, 1.807) is 25.3 Å². The van der Waals surface area contributed by atoms with Gasteiger partial charge in [0, 0.05) is 5.69 Å². The van der Waals surface area contributed by atoms with Crippen molar-refractivity contribution >= 4 is 11.7 Å². The third kappa shape index (κ3) is 3.90. The summed E-state index contributed by atoms with van der Waals surface area (Å²) in [5.74, 6) is 0.809.